The highest BCUT2D eigenvalue weighted by Gasteiger charge is 2.35. The van der Waals surface area contributed by atoms with Crippen LogP contribution in [0.15, 0.2) is 35.6 Å². The molecule has 1 aromatic rings. The van der Waals surface area contributed by atoms with Crippen molar-refractivity contribution >= 4 is 41.0 Å². The third-order valence-corrected chi connectivity index (χ3v) is 5.32. The molecule has 4 rings (SSSR count). The number of carbonyl (C=O) groups excluding carboxylic acids is 2. The Morgan fingerprint density at radius 2 is 2.18 bits per heavy atom. The highest BCUT2D eigenvalue weighted by molar-refractivity contribution is 6.24. The van der Waals surface area contributed by atoms with Gasteiger partial charge in [-0.25, -0.2) is 0 Å². The van der Waals surface area contributed by atoms with Crippen LogP contribution >= 0.6 is 11.6 Å². The fourth-order valence-electron chi connectivity index (χ4n) is 3.43. The minimum absolute atomic E-state index is 0.0464. The highest BCUT2D eigenvalue weighted by atomic mass is 35.5. The van der Waals surface area contributed by atoms with Crippen molar-refractivity contribution in [3.05, 3.63) is 41.1 Å². The number of nitrogens with one attached hydrogen (secondary N) is 3. The maximum absolute atomic E-state index is 12.6. The highest BCUT2D eigenvalue weighted by Crippen LogP contribution is 2.32. The number of anilines is 3. The van der Waals surface area contributed by atoms with E-state index in [0.717, 1.165) is 5.57 Å². The molecule has 9 nitrogen and oxygen atoms in total. The van der Waals surface area contributed by atoms with Crippen LogP contribution in [0.1, 0.15) is 17.3 Å². The van der Waals surface area contributed by atoms with Crippen molar-refractivity contribution in [3.8, 4) is 0 Å². The number of rotatable bonds is 3. The summed E-state index contributed by atoms with van der Waals surface area (Å²) < 4.78 is 0. The number of nitrogen functional groups attached to an aromatic ring is 1. The number of hydrogen-bond acceptors (Lipinski definition) is 7. The first-order valence-electron chi connectivity index (χ1n) is 8.83. The summed E-state index contributed by atoms with van der Waals surface area (Å²) in [6, 6.07) is -0.344. The zero-order chi connectivity index (χ0) is 20.0. The Hall–Kier alpha value is -3.07. The number of nitrogens with two attached hydrogens (primary N) is 1. The van der Waals surface area contributed by atoms with Crippen LogP contribution < -0.4 is 21.7 Å². The van der Waals surface area contributed by atoms with Gasteiger partial charge in [-0.2, -0.15) is 9.97 Å². The van der Waals surface area contributed by atoms with E-state index in [2.05, 4.69) is 25.9 Å². The number of amides is 2. The Labute approximate surface area is 166 Å². The molecule has 2 amide bonds. The van der Waals surface area contributed by atoms with E-state index >= 15 is 0 Å². The van der Waals surface area contributed by atoms with Gasteiger partial charge < -0.3 is 26.6 Å². The van der Waals surface area contributed by atoms with Crippen LogP contribution in [0, 0.1) is 5.92 Å². The molecule has 146 valence electrons. The van der Waals surface area contributed by atoms with Gasteiger partial charge in [0.2, 0.25) is 11.9 Å². The van der Waals surface area contributed by atoms with Crippen LogP contribution in [-0.2, 0) is 4.79 Å². The van der Waals surface area contributed by atoms with E-state index in [4.69, 9.17) is 17.3 Å². The third-order valence-electron chi connectivity index (χ3n) is 4.92. The summed E-state index contributed by atoms with van der Waals surface area (Å²) in [6.07, 6.45) is 7.41. The lowest BCUT2D eigenvalue weighted by atomic mass is 9.86. The van der Waals surface area contributed by atoms with Crippen molar-refractivity contribution in [2.24, 2.45) is 5.92 Å². The predicted molar refractivity (Wildman–Crippen MR) is 107 cm³/mol. The molecule has 3 aliphatic rings. The molecule has 3 atom stereocenters. The summed E-state index contributed by atoms with van der Waals surface area (Å²) >= 11 is 6.26. The van der Waals surface area contributed by atoms with Gasteiger partial charge >= 0.3 is 0 Å². The van der Waals surface area contributed by atoms with Gasteiger partial charge in [-0.15, -0.1) is 11.6 Å². The average Bonchev–Trinajstić information content (AvgIpc) is 2.64. The van der Waals surface area contributed by atoms with E-state index in [0.29, 0.717) is 29.6 Å². The van der Waals surface area contributed by atoms with Gasteiger partial charge in [-0.1, -0.05) is 18.2 Å². The Morgan fingerprint density at radius 3 is 2.96 bits per heavy atom. The minimum atomic E-state index is -0.413. The van der Waals surface area contributed by atoms with Crippen LogP contribution in [0.25, 0.3) is 0 Å². The second kappa shape index (κ2) is 6.83. The third kappa shape index (κ3) is 3.07. The fraction of sp³-hybridized carbons (Fsp3) is 0.333. The second-order valence-electron chi connectivity index (χ2n) is 6.92. The van der Waals surface area contributed by atoms with Crippen LogP contribution in [0.5, 0.6) is 0 Å². The monoisotopic (exact) mass is 401 g/mol. The molecule has 0 saturated carbocycles. The molecular formula is C18H20ClN7O2. The number of fused-ring (bicyclic) bond motifs is 2. The van der Waals surface area contributed by atoms with Gasteiger partial charge in [0.25, 0.3) is 5.91 Å². The first-order chi connectivity index (χ1) is 13.3. The molecular weight excluding hydrogens is 382 g/mol. The summed E-state index contributed by atoms with van der Waals surface area (Å²) in [4.78, 5) is 34.9. The minimum Gasteiger partial charge on any atom is -0.368 e. The van der Waals surface area contributed by atoms with Crippen molar-refractivity contribution in [2.45, 2.75) is 18.3 Å². The Morgan fingerprint density at radius 1 is 1.39 bits per heavy atom. The quantitative estimate of drug-likeness (QED) is 0.558. The lowest BCUT2D eigenvalue weighted by molar-refractivity contribution is -0.123. The zero-order valence-corrected chi connectivity index (χ0v) is 16.1. The average molecular weight is 402 g/mol. The lowest BCUT2D eigenvalue weighted by Gasteiger charge is -2.32. The van der Waals surface area contributed by atoms with Crippen molar-refractivity contribution in [1.82, 2.24) is 20.2 Å². The van der Waals surface area contributed by atoms with E-state index in [1.807, 2.05) is 25.2 Å². The number of alkyl halides is 1. The van der Waals surface area contributed by atoms with Crippen LogP contribution in [-0.4, -0.2) is 51.8 Å². The van der Waals surface area contributed by atoms with Crippen LogP contribution in [0.4, 0.5) is 17.6 Å². The molecule has 28 heavy (non-hydrogen) atoms. The van der Waals surface area contributed by atoms with E-state index in [1.54, 1.807) is 13.1 Å². The number of nitrogens with zero attached hydrogens (tertiary/aromatic N) is 3. The molecule has 0 radical (unpaired) electrons. The molecule has 1 aliphatic carbocycles. The molecule has 0 aromatic carbocycles. The largest absolute Gasteiger partial charge is 0.368 e. The van der Waals surface area contributed by atoms with E-state index < -0.39 is 5.92 Å². The molecule has 0 saturated heterocycles. The van der Waals surface area contributed by atoms with Gasteiger partial charge in [0.15, 0.2) is 0 Å². The molecule has 1 aromatic heterocycles. The topological polar surface area (TPSA) is 125 Å². The first-order valence-corrected chi connectivity index (χ1v) is 9.27. The summed E-state index contributed by atoms with van der Waals surface area (Å²) in [6.45, 7) is 2.19. The fourth-order valence-corrected chi connectivity index (χ4v) is 3.77. The number of allylic oxidation sites excluding steroid dienone is 4. The summed E-state index contributed by atoms with van der Waals surface area (Å²) in [7, 11) is 1.68. The van der Waals surface area contributed by atoms with Crippen molar-refractivity contribution < 1.29 is 9.59 Å². The van der Waals surface area contributed by atoms with Gasteiger partial charge in [0.1, 0.15) is 17.2 Å². The number of aromatic nitrogens is 2. The predicted octanol–water partition coefficient (Wildman–Crippen LogP) is 1.05. The van der Waals surface area contributed by atoms with E-state index in [1.165, 1.54) is 4.90 Å². The van der Waals surface area contributed by atoms with Gasteiger partial charge in [-0.3, -0.25) is 9.59 Å². The standard InChI is InChI=1S/C18H20ClN7O2/c1-8(11-6-9-4-3-5-10(19)12(9)16(27)23-11)22-15-13-14(24-18(20)25-15)21-7-26(2)17(13)28/h3-6,8,10,12H,7H2,1-2H3,(H,23,27)(H4,20,21,22,24,25)/t8-,10?,12?/m0/s1. The maximum atomic E-state index is 12.6. The van der Waals surface area contributed by atoms with E-state index in [-0.39, 0.29) is 29.2 Å². The van der Waals surface area contributed by atoms with E-state index in [9.17, 15) is 9.59 Å². The molecule has 0 fully saturated rings. The molecule has 2 unspecified atom stereocenters. The first kappa shape index (κ1) is 18.3. The van der Waals surface area contributed by atoms with Gasteiger partial charge in [0, 0.05) is 12.7 Å². The van der Waals surface area contributed by atoms with Gasteiger partial charge in [0.05, 0.1) is 24.0 Å². The van der Waals surface area contributed by atoms with Crippen molar-refractivity contribution in [1.29, 1.82) is 0 Å². The van der Waals surface area contributed by atoms with Gasteiger partial charge in [-0.05, 0) is 18.6 Å². The SMILES string of the molecule is C[C@H](Nc1nc(N)nc2c1C(=O)N(C)CN2)C1=CC2=CC=CC(Cl)C2C(=O)N1. The Kier molecular flexibility index (Phi) is 4.46. The van der Waals surface area contributed by atoms with Crippen LogP contribution in [0.3, 0.4) is 0 Å². The van der Waals surface area contributed by atoms with Crippen molar-refractivity contribution in [2.75, 3.05) is 30.1 Å². The molecule has 3 heterocycles. The smallest absolute Gasteiger partial charge is 0.262 e. The molecule has 2 aliphatic heterocycles. The summed E-state index contributed by atoms with van der Waals surface area (Å²) in [5.74, 6) is -0.0467. The number of hydrogen-bond donors (Lipinski definition) is 4. The normalized spacial score (nSPS) is 24.3. The number of halogens is 1. The van der Waals surface area contributed by atoms with Crippen LogP contribution in [0.2, 0.25) is 0 Å². The maximum Gasteiger partial charge on any atom is 0.262 e. The molecule has 0 bridgehead atoms. The lowest BCUT2D eigenvalue weighted by Crippen LogP contribution is -2.44. The Bertz CT molecular complexity index is 955. The molecule has 0 spiro atoms. The second-order valence-corrected chi connectivity index (χ2v) is 7.42. The molecule has 10 heteroatoms. The van der Waals surface area contributed by atoms with Crippen molar-refractivity contribution in [3.63, 3.8) is 0 Å². The Balaban J connectivity index is 1.65. The summed E-state index contributed by atoms with van der Waals surface area (Å²) in [5, 5.41) is 8.74. The zero-order valence-electron chi connectivity index (χ0n) is 15.4. The summed E-state index contributed by atoms with van der Waals surface area (Å²) in [5.41, 5.74) is 7.61. The molecule has 5 N–H and O–H groups in total. The number of carbonyl (C=O) groups is 2.